The zero-order chi connectivity index (χ0) is 16.6. The van der Waals surface area contributed by atoms with Crippen molar-refractivity contribution >= 4 is 16.9 Å². The highest BCUT2D eigenvalue weighted by Crippen LogP contribution is 2.23. The van der Waals surface area contributed by atoms with Gasteiger partial charge < -0.3 is 14.8 Å². The molecule has 2 N–H and O–H groups in total. The summed E-state index contributed by atoms with van der Waals surface area (Å²) in [5.74, 6) is 1.26. The smallest absolute Gasteiger partial charge is 0.257 e. The summed E-state index contributed by atoms with van der Waals surface area (Å²) < 4.78 is 5.08. The van der Waals surface area contributed by atoms with Crippen molar-refractivity contribution in [1.82, 2.24) is 20.4 Å². The molecule has 2 heterocycles. The van der Waals surface area contributed by atoms with Crippen LogP contribution < -0.4 is 5.32 Å². The first kappa shape index (κ1) is 15.3. The fourth-order valence-corrected chi connectivity index (χ4v) is 2.69. The molecule has 120 valence electrons. The molecule has 0 bridgehead atoms. The molecule has 23 heavy (non-hydrogen) atoms. The van der Waals surface area contributed by atoms with E-state index in [-0.39, 0.29) is 17.9 Å². The van der Waals surface area contributed by atoms with E-state index < -0.39 is 0 Å². The van der Waals surface area contributed by atoms with Gasteiger partial charge in [0.15, 0.2) is 0 Å². The van der Waals surface area contributed by atoms with Crippen molar-refractivity contribution in [2.45, 2.75) is 33.7 Å². The zero-order valence-corrected chi connectivity index (χ0v) is 13.7. The predicted molar refractivity (Wildman–Crippen MR) is 87.1 cm³/mol. The van der Waals surface area contributed by atoms with Crippen molar-refractivity contribution in [2.75, 3.05) is 0 Å². The summed E-state index contributed by atoms with van der Waals surface area (Å²) in [5, 5.41) is 6.88. The van der Waals surface area contributed by atoms with Gasteiger partial charge in [-0.25, -0.2) is 4.98 Å². The topological polar surface area (TPSA) is 83.8 Å². The summed E-state index contributed by atoms with van der Waals surface area (Å²) in [5.41, 5.74) is 2.93. The summed E-state index contributed by atoms with van der Waals surface area (Å²) in [7, 11) is 0. The van der Waals surface area contributed by atoms with E-state index in [9.17, 15) is 4.79 Å². The molecular formula is C17H20N4O2. The van der Waals surface area contributed by atoms with Crippen LogP contribution in [0.15, 0.2) is 28.8 Å². The molecule has 1 atom stereocenters. The molecule has 0 aliphatic rings. The number of carbonyl (C=O) groups is 1. The van der Waals surface area contributed by atoms with Gasteiger partial charge in [0.05, 0.1) is 22.8 Å². The minimum Gasteiger partial charge on any atom is -0.361 e. The van der Waals surface area contributed by atoms with Gasteiger partial charge in [-0.3, -0.25) is 4.79 Å². The Morgan fingerprint density at radius 1 is 1.26 bits per heavy atom. The zero-order valence-electron chi connectivity index (χ0n) is 13.7. The number of benzene rings is 1. The van der Waals surface area contributed by atoms with Crippen molar-refractivity contribution in [2.24, 2.45) is 5.92 Å². The molecule has 0 aliphatic heterocycles. The predicted octanol–water partition coefficient (Wildman–Crippen LogP) is 3.29. The summed E-state index contributed by atoms with van der Waals surface area (Å²) in [6.45, 7) is 7.59. The molecule has 1 amide bonds. The van der Waals surface area contributed by atoms with Gasteiger partial charge in [-0.05, 0) is 31.9 Å². The van der Waals surface area contributed by atoms with E-state index in [2.05, 4.69) is 20.4 Å². The number of carbonyl (C=O) groups excluding carboxylic acids is 1. The van der Waals surface area contributed by atoms with E-state index >= 15 is 0 Å². The molecule has 0 aliphatic carbocycles. The van der Waals surface area contributed by atoms with Crippen molar-refractivity contribution in [3.05, 3.63) is 47.1 Å². The van der Waals surface area contributed by atoms with Crippen LogP contribution in [0.2, 0.25) is 0 Å². The Bertz CT molecular complexity index is 795. The lowest BCUT2D eigenvalue weighted by molar-refractivity contribution is 0.0921. The van der Waals surface area contributed by atoms with E-state index in [4.69, 9.17) is 4.52 Å². The lowest BCUT2D eigenvalue weighted by Crippen LogP contribution is -2.33. The van der Waals surface area contributed by atoms with Crippen molar-refractivity contribution in [3.8, 4) is 0 Å². The molecule has 0 saturated heterocycles. The highest BCUT2D eigenvalue weighted by Gasteiger charge is 2.25. The fourth-order valence-electron chi connectivity index (χ4n) is 2.69. The van der Waals surface area contributed by atoms with Gasteiger partial charge in [0.2, 0.25) is 0 Å². The van der Waals surface area contributed by atoms with Crippen molar-refractivity contribution in [3.63, 3.8) is 0 Å². The number of aryl methyl sites for hydroxylation is 2. The average Bonchev–Trinajstić information content (AvgIpc) is 3.07. The van der Waals surface area contributed by atoms with Crippen LogP contribution in [0.1, 0.15) is 47.5 Å². The summed E-state index contributed by atoms with van der Waals surface area (Å²) in [6, 6.07) is 7.60. The molecule has 0 spiro atoms. The molecule has 0 unspecified atom stereocenters. The number of H-pyrrole nitrogens is 1. The fraction of sp³-hybridized carbons (Fsp3) is 0.353. The molecule has 3 rings (SSSR count). The number of imidazole rings is 1. The highest BCUT2D eigenvalue weighted by atomic mass is 16.5. The number of hydrogen-bond donors (Lipinski definition) is 2. The van der Waals surface area contributed by atoms with Crippen LogP contribution in [0.25, 0.3) is 11.0 Å². The van der Waals surface area contributed by atoms with Gasteiger partial charge in [-0.1, -0.05) is 31.1 Å². The average molecular weight is 312 g/mol. The molecule has 2 aromatic heterocycles. The van der Waals surface area contributed by atoms with Crippen LogP contribution in [-0.4, -0.2) is 21.0 Å². The molecule has 3 aromatic rings. The lowest BCUT2D eigenvalue weighted by Gasteiger charge is -2.20. The monoisotopic (exact) mass is 312 g/mol. The molecular weight excluding hydrogens is 292 g/mol. The van der Waals surface area contributed by atoms with Crippen LogP contribution in [0, 0.1) is 19.8 Å². The lowest BCUT2D eigenvalue weighted by atomic mass is 10.0. The van der Waals surface area contributed by atoms with Gasteiger partial charge in [0.25, 0.3) is 5.91 Å². The summed E-state index contributed by atoms with van der Waals surface area (Å²) in [6.07, 6.45) is 0. The third-order valence-electron chi connectivity index (χ3n) is 3.92. The molecule has 0 radical (unpaired) electrons. The first-order chi connectivity index (χ1) is 11.0. The number of amides is 1. The third kappa shape index (κ3) is 2.84. The second-order valence-electron chi connectivity index (χ2n) is 6.03. The SMILES string of the molecule is Cc1noc(C)c1C(=O)N[C@@H](c1nc2ccccc2[nH]1)C(C)C. The number of para-hydroxylation sites is 2. The number of rotatable bonds is 4. The van der Waals surface area contributed by atoms with E-state index in [1.54, 1.807) is 13.8 Å². The van der Waals surface area contributed by atoms with Crippen molar-refractivity contribution in [1.29, 1.82) is 0 Å². The normalized spacial score (nSPS) is 12.7. The van der Waals surface area contributed by atoms with Gasteiger partial charge in [-0.2, -0.15) is 0 Å². The van der Waals surface area contributed by atoms with Gasteiger partial charge in [0, 0.05) is 0 Å². The van der Waals surface area contributed by atoms with Gasteiger partial charge >= 0.3 is 0 Å². The molecule has 6 nitrogen and oxygen atoms in total. The minimum atomic E-state index is -0.219. The molecule has 0 fully saturated rings. The third-order valence-corrected chi connectivity index (χ3v) is 3.92. The Morgan fingerprint density at radius 3 is 2.61 bits per heavy atom. The quantitative estimate of drug-likeness (QED) is 0.774. The van der Waals surface area contributed by atoms with Crippen LogP contribution in [0.5, 0.6) is 0 Å². The Balaban J connectivity index is 1.92. The number of fused-ring (bicyclic) bond motifs is 1. The molecule has 1 aromatic carbocycles. The van der Waals surface area contributed by atoms with E-state index in [0.29, 0.717) is 17.0 Å². The summed E-state index contributed by atoms with van der Waals surface area (Å²) in [4.78, 5) is 20.5. The number of hydrogen-bond acceptors (Lipinski definition) is 4. The van der Waals surface area contributed by atoms with Crippen LogP contribution >= 0.6 is 0 Å². The second kappa shape index (κ2) is 5.87. The molecule has 6 heteroatoms. The van der Waals surface area contributed by atoms with Crippen LogP contribution in [0.3, 0.4) is 0 Å². The summed E-state index contributed by atoms with van der Waals surface area (Å²) >= 11 is 0. The molecule has 0 saturated carbocycles. The Labute approximate surface area is 134 Å². The first-order valence-electron chi connectivity index (χ1n) is 7.65. The van der Waals surface area contributed by atoms with Gasteiger partial charge in [-0.15, -0.1) is 0 Å². The van der Waals surface area contributed by atoms with Crippen LogP contribution in [-0.2, 0) is 0 Å². The van der Waals surface area contributed by atoms with Gasteiger partial charge in [0.1, 0.15) is 17.1 Å². The van der Waals surface area contributed by atoms with E-state index in [0.717, 1.165) is 16.9 Å². The van der Waals surface area contributed by atoms with Crippen molar-refractivity contribution < 1.29 is 9.32 Å². The number of nitrogens with one attached hydrogen (secondary N) is 2. The maximum absolute atomic E-state index is 12.6. The number of nitrogens with zero attached hydrogens (tertiary/aromatic N) is 2. The Morgan fingerprint density at radius 2 is 2.00 bits per heavy atom. The van der Waals surface area contributed by atoms with Crippen LogP contribution in [0.4, 0.5) is 0 Å². The second-order valence-corrected chi connectivity index (χ2v) is 6.03. The number of aromatic amines is 1. The van der Waals surface area contributed by atoms with E-state index in [1.165, 1.54) is 0 Å². The Hall–Kier alpha value is -2.63. The largest absolute Gasteiger partial charge is 0.361 e. The number of aromatic nitrogens is 3. The standard InChI is InChI=1S/C17H20N4O2/c1-9(2)15(16-18-12-7-5-6-8-13(12)19-16)20-17(22)14-10(3)21-23-11(14)4/h5-9,15H,1-4H3,(H,18,19)(H,20,22)/t15-/m1/s1. The maximum atomic E-state index is 12.6. The minimum absolute atomic E-state index is 0.181. The van der Waals surface area contributed by atoms with E-state index in [1.807, 2.05) is 38.1 Å². The first-order valence-corrected chi connectivity index (χ1v) is 7.65. The maximum Gasteiger partial charge on any atom is 0.257 e. The highest BCUT2D eigenvalue weighted by molar-refractivity contribution is 5.96. The Kier molecular flexibility index (Phi) is 3.90.